The number of likely N-dealkylation sites (tertiary alicyclic amines) is 1. The molecule has 0 saturated carbocycles. The van der Waals surface area contributed by atoms with E-state index in [9.17, 15) is 14.0 Å². The van der Waals surface area contributed by atoms with Gasteiger partial charge in [0.25, 0.3) is 0 Å². The number of ether oxygens (including phenoxy) is 1. The molecule has 1 aromatic rings. The highest BCUT2D eigenvalue weighted by Gasteiger charge is 2.26. The minimum absolute atomic E-state index is 0.0573. The van der Waals surface area contributed by atoms with Crippen LogP contribution >= 0.6 is 0 Å². The molecule has 24 heavy (non-hydrogen) atoms. The fraction of sp³-hybridized carbons (Fsp3) is 0.556. The number of piperidine rings is 1. The quantitative estimate of drug-likeness (QED) is 0.748. The number of benzene rings is 1. The summed E-state index contributed by atoms with van der Waals surface area (Å²) in [7, 11) is 3.09. The minimum Gasteiger partial charge on any atom is -0.469 e. The summed E-state index contributed by atoms with van der Waals surface area (Å²) in [6.45, 7) is 2.16. The third-order valence-corrected chi connectivity index (χ3v) is 4.54. The summed E-state index contributed by atoms with van der Waals surface area (Å²) in [6, 6.07) is 6.88. The molecule has 0 aliphatic carbocycles. The van der Waals surface area contributed by atoms with Crippen LogP contribution in [-0.2, 0) is 20.9 Å². The third-order valence-electron chi connectivity index (χ3n) is 4.54. The van der Waals surface area contributed by atoms with Crippen LogP contribution in [0.3, 0.4) is 0 Å². The van der Waals surface area contributed by atoms with Crippen LogP contribution in [0.1, 0.15) is 31.2 Å². The Morgan fingerprint density at radius 2 is 2.08 bits per heavy atom. The Labute approximate surface area is 142 Å². The number of halogens is 1. The molecule has 1 aromatic carbocycles. The van der Waals surface area contributed by atoms with Gasteiger partial charge in [-0.15, -0.1) is 0 Å². The summed E-state index contributed by atoms with van der Waals surface area (Å²) in [5.41, 5.74) is 0.679. The van der Waals surface area contributed by atoms with Crippen LogP contribution in [0.25, 0.3) is 0 Å². The van der Waals surface area contributed by atoms with Gasteiger partial charge in [-0.25, -0.2) is 4.39 Å². The Balaban J connectivity index is 1.88. The van der Waals surface area contributed by atoms with E-state index in [2.05, 4.69) is 9.64 Å². The fourth-order valence-electron chi connectivity index (χ4n) is 3.05. The van der Waals surface area contributed by atoms with Crippen molar-refractivity contribution >= 4 is 11.9 Å². The Morgan fingerprint density at radius 3 is 2.79 bits per heavy atom. The van der Waals surface area contributed by atoms with Gasteiger partial charge in [0.2, 0.25) is 5.91 Å². The molecule has 1 aliphatic rings. The molecule has 132 valence electrons. The van der Waals surface area contributed by atoms with E-state index in [0.29, 0.717) is 12.1 Å². The Morgan fingerprint density at radius 1 is 1.33 bits per heavy atom. The normalized spacial score (nSPS) is 18.2. The van der Waals surface area contributed by atoms with Crippen molar-refractivity contribution in [3.8, 4) is 0 Å². The molecule has 1 fully saturated rings. The first kappa shape index (κ1) is 18.4. The van der Waals surface area contributed by atoms with Crippen LogP contribution in [0.5, 0.6) is 0 Å². The molecule has 1 heterocycles. The maximum atomic E-state index is 13.8. The van der Waals surface area contributed by atoms with Gasteiger partial charge in [-0.2, -0.15) is 0 Å². The number of hydrogen-bond donors (Lipinski definition) is 0. The molecule has 1 saturated heterocycles. The van der Waals surface area contributed by atoms with E-state index in [-0.39, 0.29) is 36.6 Å². The molecule has 0 radical (unpaired) electrons. The van der Waals surface area contributed by atoms with Crippen LogP contribution in [-0.4, -0.2) is 55.0 Å². The first-order chi connectivity index (χ1) is 11.5. The highest BCUT2D eigenvalue weighted by molar-refractivity contribution is 5.81. The zero-order valence-electron chi connectivity index (χ0n) is 14.3. The van der Waals surface area contributed by atoms with Crippen molar-refractivity contribution in [2.75, 3.05) is 27.2 Å². The van der Waals surface area contributed by atoms with E-state index in [1.165, 1.54) is 13.2 Å². The molecule has 2 rings (SSSR count). The predicted molar refractivity (Wildman–Crippen MR) is 88.7 cm³/mol. The molecule has 0 aromatic heterocycles. The van der Waals surface area contributed by atoms with Crippen molar-refractivity contribution in [2.45, 2.75) is 38.3 Å². The molecule has 6 heteroatoms. The molecular formula is C18H25FN2O3. The van der Waals surface area contributed by atoms with Crippen molar-refractivity contribution in [1.82, 2.24) is 9.80 Å². The number of amides is 1. The summed E-state index contributed by atoms with van der Waals surface area (Å²) in [4.78, 5) is 27.3. The average Bonchev–Trinajstić information content (AvgIpc) is 2.61. The van der Waals surface area contributed by atoms with E-state index in [4.69, 9.17) is 0 Å². The second-order valence-electron chi connectivity index (χ2n) is 6.20. The molecule has 1 aliphatic heterocycles. The fourth-order valence-corrected chi connectivity index (χ4v) is 3.05. The summed E-state index contributed by atoms with van der Waals surface area (Å²) in [5.74, 6) is -0.623. The van der Waals surface area contributed by atoms with Gasteiger partial charge in [-0.05, 0) is 25.5 Å². The predicted octanol–water partition coefficient (Wildman–Crippen LogP) is 2.20. The van der Waals surface area contributed by atoms with Gasteiger partial charge in [0.15, 0.2) is 0 Å². The van der Waals surface area contributed by atoms with E-state index in [1.54, 1.807) is 24.1 Å². The van der Waals surface area contributed by atoms with Crippen LogP contribution in [0.2, 0.25) is 0 Å². The lowest BCUT2D eigenvalue weighted by atomic mass is 10.0. The summed E-state index contributed by atoms with van der Waals surface area (Å²) >= 11 is 0. The zero-order valence-corrected chi connectivity index (χ0v) is 14.3. The Kier molecular flexibility index (Phi) is 6.73. The maximum Gasteiger partial charge on any atom is 0.306 e. The highest BCUT2D eigenvalue weighted by Crippen LogP contribution is 2.19. The van der Waals surface area contributed by atoms with Crippen LogP contribution < -0.4 is 0 Å². The van der Waals surface area contributed by atoms with Gasteiger partial charge < -0.3 is 9.64 Å². The van der Waals surface area contributed by atoms with Gasteiger partial charge in [0, 0.05) is 38.2 Å². The van der Waals surface area contributed by atoms with E-state index < -0.39 is 0 Å². The number of nitrogens with zero attached hydrogens (tertiary/aromatic N) is 2. The second-order valence-corrected chi connectivity index (χ2v) is 6.20. The first-order valence-corrected chi connectivity index (χ1v) is 8.29. The Hall–Kier alpha value is -1.95. The van der Waals surface area contributed by atoms with Crippen molar-refractivity contribution < 1.29 is 18.7 Å². The molecule has 0 bridgehead atoms. The SMILES string of the molecule is COC(=O)CCC(=O)N(C)C1CCCN(Cc2ccccc2F)C1. The van der Waals surface area contributed by atoms with E-state index >= 15 is 0 Å². The zero-order chi connectivity index (χ0) is 17.5. The van der Waals surface area contributed by atoms with Gasteiger partial charge in [0.1, 0.15) is 5.82 Å². The highest BCUT2D eigenvalue weighted by atomic mass is 19.1. The maximum absolute atomic E-state index is 13.8. The number of hydrogen-bond acceptors (Lipinski definition) is 4. The van der Waals surface area contributed by atoms with Crippen LogP contribution in [0, 0.1) is 5.82 Å². The van der Waals surface area contributed by atoms with E-state index in [1.807, 2.05) is 6.07 Å². The smallest absolute Gasteiger partial charge is 0.306 e. The number of likely N-dealkylation sites (N-methyl/N-ethyl adjacent to an activating group) is 1. The van der Waals surface area contributed by atoms with Gasteiger partial charge in [0.05, 0.1) is 13.5 Å². The topological polar surface area (TPSA) is 49.9 Å². The largest absolute Gasteiger partial charge is 0.469 e. The summed E-state index contributed by atoms with van der Waals surface area (Å²) in [6.07, 6.45) is 2.15. The number of rotatable bonds is 6. The lowest BCUT2D eigenvalue weighted by Crippen LogP contribution is -2.48. The summed E-state index contributed by atoms with van der Waals surface area (Å²) in [5, 5.41) is 0. The molecule has 5 nitrogen and oxygen atoms in total. The average molecular weight is 336 g/mol. The van der Waals surface area contributed by atoms with Gasteiger partial charge >= 0.3 is 5.97 Å². The van der Waals surface area contributed by atoms with Gasteiger partial charge in [-0.3, -0.25) is 14.5 Å². The summed E-state index contributed by atoms with van der Waals surface area (Å²) < 4.78 is 18.4. The van der Waals surface area contributed by atoms with E-state index in [0.717, 1.165) is 25.9 Å². The monoisotopic (exact) mass is 336 g/mol. The molecule has 1 unspecified atom stereocenters. The number of methoxy groups -OCH3 is 1. The molecule has 0 N–H and O–H groups in total. The molecular weight excluding hydrogens is 311 g/mol. The van der Waals surface area contributed by atoms with Crippen molar-refractivity contribution in [3.63, 3.8) is 0 Å². The van der Waals surface area contributed by atoms with Crippen LogP contribution in [0.4, 0.5) is 4.39 Å². The molecule has 0 spiro atoms. The Bertz CT molecular complexity index is 579. The standard InChI is InChI=1S/C18H25FN2O3/c1-20(17(22)9-10-18(23)24-2)15-7-5-11-21(13-15)12-14-6-3-4-8-16(14)19/h3-4,6,8,15H,5,7,9-13H2,1-2H3. The first-order valence-electron chi connectivity index (χ1n) is 8.29. The van der Waals surface area contributed by atoms with Crippen molar-refractivity contribution in [3.05, 3.63) is 35.6 Å². The number of carbonyl (C=O) groups excluding carboxylic acids is 2. The van der Waals surface area contributed by atoms with Crippen molar-refractivity contribution in [1.29, 1.82) is 0 Å². The lowest BCUT2D eigenvalue weighted by molar-refractivity contribution is -0.144. The number of carbonyl (C=O) groups is 2. The van der Waals surface area contributed by atoms with Gasteiger partial charge in [-0.1, -0.05) is 18.2 Å². The lowest BCUT2D eigenvalue weighted by Gasteiger charge is -2.37. The second kappa shape index (κ2) is 8.78. The minimum atomic E-state index is -0.374. The molecule has 1 atom stereocenters. The van der Waals surface area contributed by atoms with Crippen LogP contribution in [0.15, 0.2) is 24.3 Å². The van der Waals surface area contributed by atoms with Crippen molar-refractivity contribution in [2.24, 2.45) is 0 Å². The molecule has 1 amide bonds. The third kappa shape index (κ3) is 5.03. The number of esters is 1.